The number of carbonyl (C=O) groups is 1. The highest BCUT2D eigenvalue weighted by molar-refractivity contribution is 5.71. The molecule has 0 saturated carbocycles. The third-order valence-electron chi connectivity index (χ3n) is 5.98. The van der Waals surface area contributed by atoms with Gasteiger partial charge >= 0.3 is 5.97 Å². The number of methoxy groups -OCH3 is 1. The number of carbonyl (C=O) groups excluding carboxylic acids is 1. The number of anilines is 1. The van der Waals surface area contributed by atoms with Crippen molar-refractivity contribution in [3.05, 3.63) is 64.2 Å². The average Bonchev–Trinajstić information content (AvgIpc) is 3.16. The number of hydrogen-bond donors (Lipinski definition) is 1. The molecule has 4 rings (SSSR count). The fourth-order valence-corrected chi connectivity index (χ4v) is 4.23. The lowest BCUT2D eigenvalue weighted by molar-refractivity contribution is -0.141. The molecule has 2 aromatic carbocycles. The molecule has 0 fully saturated rings. The lowest BCUT2D eigenvalue weighted by Gasteiger charge is -2.21. The Bertz CT molecular complexity index is 979. The first-order chi connectivity index (χ1) is 14.6. The van der Waals surface area contributed by atoms with Gasteiger partial charge in [-0.25, -0.2) is 0 Å². The summed E-state index contributed by atoms with van der Waals surface area (Å²) in [5.41, 5.74) is 7.04. The molecule has 0 radical (unpaired) electrons. The molecular weight excluding hydrogens is 378 g/mol. The lowest BCUT2D eigenvalue weighted by atomic mass is 9.95. The number of esters is 1. The van der Waals surface area contributed by atoms with E-state index in [0.29, 0.717) is 13.0 Å². The second kappa shape index (κ2) is 8.82. The first-order valence-corrected chi connectivity index (χ1v) is 10.6. The van der Waals surface area contributed by atoms with Crippen LogP contribution in [0.15, 0.2) is 36.4 Å². The van der Waals surface area contributed by atoms with Gasteiger partial charge < -0.3 is 19.5 Å². The van der Waals surface area contributed by atoms with Crippen molar-refractivity contribution >= 4 is 17.4 Å². The molecule has 0 spiro atoms. The van der Waals surface area contributed by atoms with E-state index < -0.39 is 0 Å². The molecule has 2 aromatic rings. The van der Waals surface area contributed by atoms with Gasteiger partial charge in [0, 0.05) is 35.3 Å². The largest absolute Gasteiger partial charge is 0.493 e. The molecule has 0 bridgehead atoms. The monoisotopic (exact) mass is 407 g/mol. The second-order valence-electron chi connectivity index (χ2n) is 7.99. The predicted molar refractivity (Wildman–Crippen MR) is 118 cm³/mol. The standard InChI is InChI=1S/C25H29NO4/c1-16-7-8-18(17(2)25(16)22-6-4-5-11-29-22)14-26-20-9-10-21-19(12-24(27)28-3)15-30-23(21)13-20/h6-10,13,19,26H,4-5,11-12,14-15H2,1-3H3/t19-/m1/s1. The average molecular weight is 408 g/mol. The summed E-state index contributed by atoms with van der Waals surface area (Å²) in [6.45, 7) is 6.34. The van der Waals surface area contributed by atoms with E-state index in [-0.39, 0.29) is 11.9 Å². The molecule has 158 valence electrons. The minimum absolute atomic E-state index is 0.0622. The Morgan fingerprint density at radius 3 is 2.83 bits per heavy atom. The van der Waals surface area contributed by atoms with E-state index in [1.54, 1.807) is 0 Å². The second-order valence-corrected chi connectivity index (χ2v) is 7.99. The highest BCUT2D eigenvalue weighted by Crippen LogP contribution is 2.38. The van der Waals surface area contributed by atoms with Crippen molar-refractivity contribution in [3.8, 4) is 5.75 Å². The van der Waals surface area contributed by atoms with E-state index in [9.17, 15) is 4.79 Å². The van der Waals surface area contributed by atoms with E-state index in [1.807, 2.05) is 12.1 Å². The summed E-state index contributed by atoms with van der Waals surface area (Å²) in [6.07, 6.45) is 4.71. The first kappa shape index (κ1) is 20.3. The lowest BCUT2D eigenvalue weighted by Crippen LogP contribution is -2.09. The van der Waals surface area contributed by atoms with Crippen LogP contribution in [0, 0.1) is 13.8 Å². The van der Waals surface area contributed by atoms with Crippen LogP contribution in [0.5, 0.6) is 5.75 Å². The summed E-state index contributed by atoms with van der Waals surface area (Å²) in [7, 11) is 1.42. The maximum Gasteiger partial charge on any atom is 0.306 e. The van der Waals surface area contributed by atoms with Crippen molar-refractivity contribution in [1.29, 1.82) is 0 Å². The number of allylic oxidation sites excluding steroid dienone is 1. The number of hydrogen-bond acceptors (Lipinski definition) is 5. The molecule has 5 nitrogen and oxygen atoms in total. The summed E-state index contributed by atoms with van der Waals surface area (Å²) in [6, 6.07) is 10.5. The zero-order valence-electron chi connectivity index (χ0n) is 17.9. The van der Waals surface area contributed by atoms with E-state index in [0.717, 1.165) is 48.8 Å². The third-order valence-corrected chi connectivity index (χ3v) is 5.98. The molecule has 0 aliphatic carbocycles. The SMILES string of the molecule is COC(=O)C[C@@H]1COc2cc(NCc3ccc(C)c(C4=CCCCO4)c3C)ccc21. The molecule has 0 saturated heterocycles. The number of benzene rings is 2. The topological polar surface area (TPSA) is 56.8 Å². The van der Waals surface area contributed by atoms with Crippen LogP contribution in [0.25, 0.3) is 5.76 Å². The molecular formula is C25H29NO4. The van der Waals surface area contributed by atoms with Crippen LogP contribution in [-0.2, 0) is 20.8 Å². The van der Waals surface area contributed by atoms with Gasteiger partial charge in [0.25, 0.3) is 0 Å². The Kier molecular flexibility index (Phi) is 5.98. The first-order valence-electron chi connectivity index (χ1n) is 10.6. The van der Waals surface area contributed by atoms with E-state index in [1.165, 1.54) is 29.4 Å². The zero-order valence-corrected chi connectivity index (χ0v) is 17.9. The van der Waals surface area contributed by atoms with Gasteiger partial charge in [0.1, 0.15) is 11.5 Å². The van der Waals surface area contributed by atoms with Crippen LogP contribution in [0.1, 0.15) is 53.0 Å². The normalized spacial score (nSPS) is 17.4. The van der Waals surface area contributed by atoms with E-state index in [4.69, 9.17) is 14.2 Å². The van der Waals surface area contributed by atoms with Crippen LogP contribution in [0.4, 0.5) is 5.69 Å². The van der Waals surface area contributed by atoms with E-state index in [2.05, 4.69) is 43.4 Å². The minimum atomic E-state index is -0.207. The maximum atomic E-state index is 11.6. The molecule has 5 heteroatoms. The third kappa shape index (κ3) is 4.16. The van der Waals surface area contributed by atoms with Gasteiger partial charge in [-0.15, -0.1) is 0 Å². The quantitative estimate of drug-likeness (QED) is 0.675. The highest BCUT2D eigenvalue weighted by atomic mass is 16.5. The van der Waals surface area contributed by atoms with Gasteiger partial charge in [-0.1, -0.05) is 18.2 Å². The van der Waals surface area contributed by atoms with Gasteiger partial charge in [0.05, 0.1) is 26.7 Å². The fraction of sp³-hybridized carbons (Fsp3) is 0.400. The molecule has 30 heavy (non-hydrogen) atoms. The number of aryl methyl sites for hydroxylation is 1. The fourth-order valence-electron chi connectivity index (χ4n) is 4.23. The van der Waals surface area contributed by atoms with Crippen molar-refractivity contribution in [2.75, 3.05) is 25.6 Å². The Labute approximate surface area is 178 Å². The van der Waals surface area contributed by atoms with Crippen LogP contribution in [0.3, 0.4) is 0 Å². The van der Waals surface area contributed by atoms with Crippen molar-refractivity contribution in [1.82, 2.24) is 0 Å². The molecule has 2 aliphatic rings. The summed E-state index contributed by atoms with van der Waals surface area (Å²) >= 11 is 0. The van der Waals surface area contributed by atoms with Crippen LogP contribution >= 0.6 is 0 Å². The molecule has 2 aliphatic heterocycles. The van der Waals surface area contributed by atoms with Crippen molar-refractivity contribution in [3.63, 3.8) is 0 Å². The highest BCUT2D eigenvalue weighted by Gasteiger charge is 2.27. The predicted octanol–water partition coefficient (Wildman–Crippen LogP) is 5.11. The van der Waals surface area contributed by atoms with Gasteiger partial charge in [-0.2, -0.15) is 0 Å². The van der Waals surface area contributed by atoms with Crippen LogP contribution in [0.2, 0.25) is 0 Å². The summed E-state index contributed by atoms with van der Waals surface area (Å²) in [5.74, 6) is 1.71. The number of rotatable bonds is 6. The van der Waals surface area contributed by atoms with Gasteiger partial charge in [0.15, 0.2) is 0 Å². The van der Waals surface area contributed by atoms with Gasteiger partial charge in [-0.3, -0.25) is 4.79 Å². The van der Waals surface area contributed by atoms with Crippen molar-refractivity contribution in [2.45, 2.75) is 45.6 Å². The van der Waals surface area contributed by atoms with Crippen LogP contribution in [-0.4, -0.2) is 26.3 Å². The van der Waals surface area contributed by atoms with Crippen molar-refractivity contribution < 1.29 is 19.0 Å². The van der Waals surface area contributed by atoms with E-state index >= 15 is 0 Å². The molecule has 2 heterocycles. The Hall–Kier alpha value is -2.95. The molecule has 1 atom stereocenters. The maximum absolute atomic E-state index is 11.6. The Morgan fingerprint density at radius 2 is 2.07 bits per heavy atom. The Balaban J connectivity index is 1.48. The van der Waals surface area contributed by atoms with Crippen LogP contribution < -0.4 is 10.1 Å². The zero-order chi connectivity index (χ0) is 21.1. The number of fused-ring (bicyclic) bond motifs is 1. The van der Waals surface area contributed by atoms with Gasteiger partial charge in [-0.05, 0) is 55.5 Å². The van der Waals surface area contributed by atoms with Crippen molar-refractivity contribution in [2.24, 2.45) is 0 Å². The minimum Gasteiger partial charge on any atom is -0.493 e. The molecule has 0 unspecified atom stereocenters. The molecule has 0 aromatic heterocycles. The number of nitrogens with one attached hydrogen (secondary N) is 1. The summed E-state index contributed by atoms with van der Waals surface area (Å²) in [5, 5.41) is 3.52. The smallest absolute Gasteiger partial charge is 0.306 e. The number of ether oxygens (including phenoxy) is 3. The molecule has 0 amide bonds. The summed E-state index contributed by atoms with van der Waals surface area (Å²) in [4.78, 5) is 11.6. The Morgan fingerprint density at radius 1 is 1.20 bits per heavy atom. The molecule has 1 N–H and O–H groups in total. The van der Waals surface area contributed by atoms with Gasteiger partial charge in [0.2, 0.25) is 0 Å². The summed E-state index contributed by atoms with van der Waals surface area (Å²) < 4.78 is 16.5.